The molecule has 1 rings (SSSR count). The number of hydrogen-bond donors (Lipinski definition) is 2. The summed E-state index contributed by atoms with van der Waals surface area (Å²) in [5, 5.41) is 14.6. The van der Waals surface area contributed by atoms with Gasteiger partial charge >= 0.3 is 5.97 Å². The second-order valence-corrected chi connectivity index (χ2v) is 3.64. The van der Waals surface area contributed by atoms with Crippen molar-refractivity contribution in [3.05, 3.63) is 17.5 Å². The molecule has 1 heterocycles. The molecule has 1 aromatic heterocycles. The SMILES string of the molecule is CNC(=O)CCN(C)Cc1cc(C(=O)O)no1. The van der Waals surface area contributed by atoms with Crippen molar-refractivity contribution in [2.45, 2.75) is 13.0 Å². The number of rotatable bonds is 6. The molecule has 0 saturated carbocycles. The zero-order chi connectivity index (χ0) is 12.8. The highest BCUT2D eigenvalue weighted by molar-refractivity contribution is 5.85. The van der Waals surface area contributed by atoms with Crippen LogP contribution in [0, 0.1) is 0 Å². The van der Waals surface area contributed by atoms with Gasteiger partial charge in [-0.25, -0.2) is 4.79 Å². The van der Waals surface area contributed by atoms with E-state index in [4.69, 9.17) is 9.63 Å². The molecule has 0 unspecified atom stereocenters. The minimum atomic E-state index is -1.12. The lowest BCUT2D eigenvalue weighted by Gasteiger charge is -2.13. The Morgan fingerprint density at radius 3 is 2.82 bits per heavy atom. The van der Waals surface area contributed by atoms with Crippen LogP contribution in [0.4, 0.5) is 0 Å². The molecule has 0 atom stereocenters. The smallest absolute Gasteiger partial charge is 0.358 e. The van der Waals surface area contributed by atoms with E-state index < -0.39 is 5.97 Å². The van der Waals surface area contributed by atoms with Crippen molar-refractivity contribution in [1.82, 2.24) is 15.4 Å². The number of carbonyl (C=O) groups excluding carboxylic acids is 1. The summed E-state index contributed by atoms with van der Waals surface area (Å²) in [4.78, 5) is 23.4. The molecule has 0 fully saturated rings. The van der Waals surface area contributed by atoms with Crippen molar-refractivity contribution in [1.29, 1.82) is 0 Å². The second kappa shape index (κ2) is 6.00. The predicted octanol–water partition coefficient (Wildman–Crippen LogP) is -0.0593. The molecule has 0 spiro atoms. The van der Waals surface area contributed by atoms with Gasteiger partial charge in [-0.15, -0.1) is 0 Å². The Morgan fingerprint density at radius 2 is 2.29 bits per heavy atom. The first-order valence-corrected chi connectivity index (χ1v) is 5.11. The number of aromatic nitrogens is 1. The molecule has 0 aliphatic heterocycles. The van der Waals surface area contributed by atoms with E-state index in [9.17, 15) is 9.59 Å². The van der Waals surface area contributed by atoms with E-state index in [-0.39, 0.29) is 11.6 Å². The lowest BCUT2D eigenvalue weighted by molar-refractivity contribution is -0.120. The van der Waals surface area contributed by atoms with Crippen LogP contribution in [0.3, 0.4) is 0 Å². The van der Waals surface area contributed by atoms with Crippen molar-refractivity contribution in [3.63, 3.8) is 0 Å². The molecule has 17 heavy (non-hydrogen) atoms. The molecule has 0 bridgehead atoms. The quantitative estimate of drug-likeness (QED) is 0.724. The van der Waals surface area contributed by atoms with E-state index in [0.717, 1.165) is 0 Å². The molecule has 0 radical (unpaired) electrons. The fourth-order valence-corrected chi connectivity index (χ4v) is 1.25. The maximum absolute atomic E-state index is 11.0. The zero-order valence-corrected chi connectivity index (χ0v) is 9.77. The predicted molar refractivity (Wildman–Crippen MR) is 58.5 cm³/mol. The number of amides is 1. The molecule has 0 aliphatic carbocycles. The topological polar surface area (TPSA) is 95.7 Å². The van der Waals surface area contributed by atoms with Crippen molar-refractivity contribution in [2.24, 2.45) is 0 Å². The van der Waals surface area contributed by atoms with Crippen LogP contribution in [0.25, 0.3) is 0 Å². The summed E-state index contributed by atoms with van der Waals surface area (Å²) in [6.07, 6.45) is 0.382. The van der Waals surface area contributed by atoms with Crippen LogP contribution in [-0.4, -0.2) is 47.7 Å². The van der Waals surface area contributed by atoms with E-state index >= 15 is 0 Å². The largest absolute Gasteiger partial charge is 0.476 e. The normalized spacial score (nSPS) is 10.5. The number of nitrogens with zero attached hydrogens (tertiary/aromatic N) is 2. The molecule has 94 valence electrons. The van der Waals surface area contributed by atoms with Crippen molar-refractivity contribution in [2.75, 3.05) is 20.6 Å². The Hall–Kier alpha value is -1.89. The Kier molecular flexibility index (Phi) is 4.65. The first-order valence-electron chi connectivity index (χ1n) is 5.11. The average Bonchev–Trinajstić information content (AvgIpc) is 2.74. The fourth-order valence-electron chi connectivity index (χ4n) is 1.25. The van der Waals surface area contributed by atoms with Gasteiger partial charge in [0, 0.05) is 26.1 Å². The molecule has 7 heteroatoms. The Balaban J connectivity index is 2.42. The van der Waals surface area contributed by atoms with Crippen LogP contribution >= 0.6 is 0 Å². The lowest BCUT2D eigenvalue weighted by atomic mass is 10.3. The third kappa shape index (κ3) is 4.23. The number of carboxylic acid groups (broad SMARTS) is 1. The molecule has 0 aliphatic rings. The molecule has 0 aromatic carbocycles. The van der Waals surface area contributed by atoms with Gasteiger partial charge in [-0.3, -0.25) is 9.69 Å². The van der Waals surface area contributed by atoms with E-state index in [2.05, 4.69) is 10.5 Å². The summed E-state index contributed by atoms with van der Waals surface area (Å²) in [7, 11) is 3.39. The first-order chi connectivity index (χ1) is 8.02. The molecular weight excluding hydrogens is 226 g/mol. The maximum Gasteiger partial charge on any atom is 0.358 e. The monoisotopic (exact) mass is 241 g/mol. The molecule has 1 aromatic rings. The Labute approximate surface area is 98.4 Å². The van der Waals surface area contributed by atoms with Crippen molar-refractivity contribution >= 4 is 11.9 Å². The standard InChI is InChI=1S/C10H15N3O4/c1-11-9(14)3-4-13(2)6-7-5-8(10(15)16)12-17-7/h5H,3-4,6H2,1-2H3,(H,11,14)(H,15,16). The fraction of sp³-hybridized carbons (Fsp3) is 0.500. The van der Waals surface area contributed by atoms with Crippen LogP contribution in [-0.2, 0) is 11.3 Å². The molecule has 1 amide bonds. The number of nitrogens with one attached hydrogen (secondary N) is 1. The van der Waals surface area contributed by atoms with E-state index in [0.29, 0.717) is 25.3 Å². The van der Waals surface area contributed by atoms with E-state index in [1.54, 1.807) is 7.05 Å². The highest BCUT2D eigenvalue weighted by atomic mass is 16.5. The zero-order valence-electron chi connectivity index (χ0n) is 9.77. The maximum atomic E-state index is 11.0. The lowest BCUT2D eigenvalue weighted by Crippen LogP contribution is -2.26. The third-order valence-corrected chi connectivity index (χ3v) is 2.20. The van der Waals surface area contributed by atoms with Crippen LogP contribution in [0.15, 0.2) is 10.6 Å². The van der Waals surface area contributed by atoms with Crippen LogP contribution in [0.1, 0.15) is 22.7 Å². The van der Waals surface area contributed by atoms with Gasteiger partial charge < -0.3 is 14.9 Å². The van der Waals surface area contributed by atoms with Gasteiger partial charge in [-0.05, 0) is 7.05 Å². The van der Waals surface area contributed by atoms with Crippen molar-refractivity contribution in [3.8, 4) is 0 Å². The van der Waals surface area contributed by atoms with Crippen LogP contribution in [0.5, 0.6) is 0 Å². The minimum Gasteiger partial charge on any atom is -0.476 e. The van der Waals surface area contributed by atoms with Gasteiger partial charge in [-0.1, -0.05) is 5.16 Å². The number of carbonyl (C=O) groups is 2. The molecular formula is C10H15N3O4. The van der Waals surface area contributed by atoms with Gasteiger partial charge in [-0.2, -0.15) is 0 Å². The van der Waals surface area contributed by atoms with Crippen molar-refractivity contribution < 1.29 is 19.2 Å². The average molecular weight is 241 g/mol. The third-order valence-electron chi connectivity index (χ3n) is 2.20. The molecule has 0 saturated heterocycles. The highest BCUT2D eigenvalue weighted by Gasteiger charge is 2.12. The van der Waals surface area contributed by atoms with Crippen LogP contribution in [0.2, 0.25) is 0 Å². The number of hydrogen-bond acceptors (Lipinski definition) is 5. The van der Waals surface area contributed by atoms with E-state index in [1.165, 1.54) is 6.07 Å². The van der Waals surface area contributed by atoms with E-state index in [1.807, 2.05) is 11.9 Å². The van der Waals surface area contributed by atoms with Gasteiger partial charge in [0.1, 0.15) is 0 Å². The Morgan fingerprint density at radius 1 is 1.59 bits per heavy atom. The number of aromatic carboxylic acids is 1. The summed E-state index contributed by atoms with van der Waals surface area (Å²) in [5.74, 6) is -0.699. The molecule has 2 N–H and O–H groups in total. The highest BCUT2D eigenvalue weighted by Crippen LogP contribution is 2.06. The first kappa shape index (κ1) is 13.2. The van der Waals surface area contributed by atoms with Gasteiger partial charge in [0.05, 0.1) is 6.54 Å². The summed E-state index contributed by atoms with van der Waals surface area (Å²) < 4.78 is 4.86. The molecule has 7 nitrogen and oxygen atoms in total. The Bertz CT molecular complexity index is 402. The summed E-state index contributed by atoms with van der Waals surface area (Å²) in [6.45, 7) is 0.972. The number of carboxylic acids is 1. The van der Waals surface area contributed by atoms with Crippen LogP contribution < -0.4 is 5.32 Å². The van der Waals surface area contributed by atoms with Gasteiger partial charge in [0.15, 0.2) is 11.5 Å². The summed E-state index contributed by atoms with van der Waals surface area (Å²) >= 11 is 0. The van der Waals surface area contributed by atoms with Gasteiger partial charge in [0.2, 0.25) is 5.91 Å². The van der Waals surface area contributed by atoms with Gasteiger partial charge in [0.25, 0.3) is 0 Å². The minimum absolute atomic E-state index is 0.0411. The second-order valence-electron chi connectivity index (χ2n) is 3.64. The summed E-state index contributed by atoms with van der Waals surface area (Å²) in [6, 6.07) is 1.37. The summed E-state index contributed by atoms with van der Waals surface area (Å²) in [5.41, 5.74) is -0.111.